The average molecular weight is 637 g/mol. The SMILES string of the molecule is CC(C)(C)C1=CC(C=C(O)C(=O)NCCCCCCNC(=O)C(O)=CC2=CC(C(C)(C)C)CC(C(C)(C)C)=C2)=CC(C(C)(C)C)C1. The topological polar surface area (TPSA) is 98.7 Å². The first-order valence-corrected chi connectivity index (χ1v) is 17.2. The largest absolute Gasteiger partial charge is 0.503 e. The predicted molar refractivity (Wildman–Crippen MR) is 192 cm³/mol. The molecule has 4 N–H and O–H groups in total. The molecule has 0 spiro atoms. The van der Waals surface area contributed by atoms with E-state index in [4.69, 9.17) is 0 Å². The maximum atomic E-state index is 12.6. The summed E-state index contributed by atoms with van der Waals surface area (Å²) in [5.74, 6) is -0.829. The van der Waals surface area contributed by atoms with E-state index < -0.39 is 11.8 Å². The van der Waals surface area contributed by atoms with E-state index in [0.717, 1.165) is 49.7 Å². The highest BCUT2D eigenvalue weighted by Crippen LogP contribution is 2.43. The van der Waals surface area contributed by atoms with Crippen molar-refractivity contribution in [2.45, 2.75) is 122 Å². The van der Waals surface area contributed by atoms with E-state index >= 15 is 0 Å². The first-order chi connectivity index (χ1) is 21.0. The fraction of sp³-hybridized carbons (Fsp3) is 0.650. The van der Waals surface area contributed by atoms with E-state index in [2.05, 4.69) is 118 Å². The number of carbonyl (C=O) groups excluding carboxylic acids is 2. The van der Waals surface area contributed by atoms with Crippen LogP contribution in [0.1, 0.15) is 122 Å². The minimum atomic E-state index is -0.467. The van der Waals surface area contributed by atoms with E-state index in [0.29, 0.717) is 24.9 Å². The second-order valence-corrected chi connectivity index (χ2v) is 17.5. The number of rotatable bonds is 11. The van der Waals surface area contributed by atoms with Crippen LogP contribution in [0.3, 0.4) is 0 Å². The van der Waals surface area contributed by atoms with Crippen molar-refractivity contribution in [3.63, 3.8) is 0 Å². The molecular formula is C40H64N2O4. The third kappa shape index (κ3) is 12.6. The third-order valence-electron chi connectivity index (χ3n) is 9.25. The molecule has 0 saturated carbocycles. The molecule has 0 aliphatic heterocycles. The van der Waals surface area contributed by atoms with E-state index in [-0.39, 0.29) is 33.2 Å². The van der Waals surface area contributed by atoms with Crippen LogP contribution in [-0.4, -0.2) is 35.1 Å². The zero-order valence-electron chi connectivity index (χ0n) is 31.0. The average Bonchev–Trinajstić information content (AvgIpc) is 2.91. The number of amides is 2. The Hall–Kier alpha value is -3.02. The Morgan fingerprint density at radius 3 is 1.24 bits per heavy atom. The van der Waals surface area contributed by atoms with Crippen LogP contribution in [-0.2, 0) is 9.59 Å². The highest BCUT2D eigenvalue weighted by Gasteiger charge is 2.31. The lowest BCUT2D eigenvalue weighted by Crippen LogP contribution is -2.27. The predicted octanol–water partition coefficient (Wildman–Crippen LogP) is 9.59. The highest BCUT2D eigenvalue weighted by molar-refractivity contribution is 5.92. The summed E-state index contributed by atoms with van der Waals surface area (Å²) in [5, 5.41) is 26.7. The number of hydrogen-bond donors (Lipinski definition) is 4. The van der Waals surface area contributed by atoms with Crippen LogP contribution >= 0.6 is 0 Å². The Morgan fingerprint density at radius 1 is 0.630 bits per heavy atom. The van der Waals surface area contributed by atoms with Crippen LogP contribution in [0.4, 0.5) is 0 Å². The first-order valence-electron chi connectivity index (χ1n) is 17.2. The lowest BCUT2D eigenvalue weighted by molar-refractivity contribution is -0.120. The quantitative estimate of drug-likeness (QED) is 0.103. The van der Waals surface area contributed by atoms with E-state index in [1.807, 2.05) is 0 Å². The normalized spacial score (nSPS) is 20.3. The summed E-state index contributed by atoms with van der Waals surface area (Å²) in [6.07, 6.45) is 17.0. The molecule has 2 aliphatic rings. The van der Waals surface area contributed by atoms with E-state index in [1.54, 1.807) is 12.2 Å². The number of aliphatic hydroxyl groups is 2. The molecular weight excluding hydrogens is 572 g/mol. The molecule has 0 fully saturated rings. The van der Waals surface area contributed by atoms with Crippen molar-refractivity contribution in [3.8, 4) is 0 Å². The number of aliphatic hydroxyl groups excluding tert-OH is 2. The Kier molecular flexibility index (Phi) is 13.4. The van der Waals surface area contributed by atoms with Gasteiger partial charge in [0.05, 0.1) is 0 Å². The summed E-state index contributed by atoms with van der Waals surface area (Å²) in [6.45, 7) is 27.5. The molecule has 0 saturated heterocycles. The standard InChI is InChI=1S/C40H64N2O4/c1-37(2,3)29-19-27(20-30(25-29)38(4,5)6)23-33(43)35(45)41-17-15-13-14-16-18-42-36(46)34(44)24-28-21-31(39(7,8)9)26-32(22-28)40(10,11)12/h19-24,29,31,43-44H,13-18,25-26H2,1-12H3,(H,41,45)(H,42,46). The fourth-order valence-electron chi connectivity index (χ4n) is 5.65. The summed E-state index contributed by atoms with van der Waals surface area (Å²) in [4.78, 5) is 25.1. The Morgan fingerprint density at radius 2 is 0.957 bits per heavy atom. The Balaban J connectivity index is 1.80. The van der Waals surface area contributed by atoms with Crippen molar-refractivity contribution >= 4 is 11.8 Å². The molecule has 46 heavy (non-hydrogen) atoms. The molecule has 2 unspecified atom stereocenters. The van der Waals surface area contributed by atoms with Crippen molar-refractivity contribution in [1.29, 1.82) is 0 Å². The summed E-state index contributed by atoms with van der Waals surface area (Å²) < 4.78 is 0. The molecule has 0 radical (unpaired) electrons. The summed E-state index contributed by atoms with van der Waals surface area (Å²) in [6, 6.07) is 0. The van der Waals surface area contributed by atoms with Crippen molar-refractivity contribution in [3.05, 3.63) is 70.3 Å². The second-order valence-electron chi connectivity index (χ2n) is 17.5. The molecule has 2 rings (SSSR count). The van der Waals surface area contributed by atoms with Crippen LogP contribution in [0.25, 0.3) is 0 Å². The maximum Gasteiger partial charge on any atom is 0.286 e. The van der Waals surface area contributed by atoms with Gasteiger partial charge in [0.2, 0.25) is 0 Å². The molecule has 0 aromatic rings. The van der Waals surface area contributed by atoms with Crippen LogP contribution in [0.5, 0.6) is 0 Å². The number of hydrogen-bond acceptors (Lipinski definition) is 4. The first kappa shape index (κ1) is 39.2. The van der Waals surface area contributed by atoms with Crippen LogP contribution in [0.15, 0.2) is 70.3 Å². The zero-order chi connectivity index (χ0) is 35.1. The van der Waals surface area contributed by atoms with Gasteiger partial charge in [-0.3, -0.25) is 9.59 Å². The second kappa shape index (κ2) is 15.7. The summed E-state index contributed by atoms with van der Waals surface area (Å²) >= 11 is 0. The van der Waals surface area contributed by atoms with Gasteiger partial charge < -0.3 is 20.8 Å². The monoisotopic (exact) mass is 636 g/mol. The van der Waals surface area contributed by atoms with Gasteiger partial charge in [-0.1, -0.05) is 131 Å². The molecule has 0 aromatic heterocycles. The summed E-state index contributed by atoms with van der Waals surface area (Å²) in [7, 11) is 0. The Bertz CT molecular complexity index is 1180. The van der Waals surface area contributed by atoms with Crippen molar-refractivity contribution < 1.29 is 19.8 Å². The van der Waals surface area contributed by atoms with Crippen molar-refractivity contribution in [1.82, 2.24) is 10.6 Å². The molecule has 6 heteroatoms. The summed E-state index contributed by atoms with van der Waals surface area (Å²) in [5.41, 5.74) is 4.59. The molecule has 0 heterocycles. The van der Waals surface area contributed by atoms with Gasteiger partial charge in [-0.15, -0.1) is 0 Å². The molecule has 6 nitrogen and oxygen atoms in total. The fourth-order valence-corrected chi connectivity index (χ4v) is 5.65. The number of carbonyl (C=O) groups is 2. The van der Waals surface area contributed by atoms with Gasteiger partial charge in [0.15, 0.2) is 11.5 Å². The van der Waals surface area contributed by atoms with Crippen LogP contribution < -0.4 is 10.6 Å². The lowest BCUT2D eigenvalue weighted by Gasteiger charge is -2.36. The Labute approximate surface area is 280 Å². The van der Waals surface area contributed by atoms with Crippen molar-refractivity contribution in [2.75, 3.05) is 13.1 Å². The van der Waals surface area contributed by atoms with Gasteiger partial charge >= 0.3 is 0 Å². The van der Waals surface area contributed by atoms with E-state index in [9.17, 15) is 19.8 Å². The number of nitrogens with one attached hydrogen (secondary N) is 2. The van der Waals surface area contributed by atoms with Crippen LogP contribution in [0, 0.1) is 33.5 Å². The molecule has 2 atom stereocenters. The molecule has 0 bridgehead atoms. The van der Waals surface area contributed by atoms with Gasteiger partial charge in [0.25, 0.3) is 11.8 Å². The third-order valence-corrected chi connectivity index (χ3v) is 9.25. The van der Waals surface area contributed by atoms with E-state index in [1.165, 1.54) is 11.1 Å². The molecule has 2 amide bonds. The van der Waals surface area contributed by atoms with Gasteiger partial charge in [0.1, 0.15) is 0 Å². The number of unbranched alkanes of at least 4 members (excludes halogenated alkanes) is 3. The van der Waals surface area contributed by atoms with Crippen molar-refractivity contribution in [2.24, 2.45) is 33.5 Å². The number of allylic oxidation sites excluding steroid dienone is 10. The molecule has 2 aliphatic carbocycles. The molecule has 0 aromatic carbocycles. The van der Waals surface area contributed by atoms with Gasteiger partial charge in [0, 0.05) is 13.1 Å². The zero-order valence-corrected chi connectivity index (χ0v) is 31.0. The highest BCUT2D eigenvalue weighted by atomic mass is 16.3. The maximum absolute atomic E-state index is 12.6. The molecule has 258 valence electrons. The smallest absolute Gasteiger partial charge is 0.286 e. The lowest BCUT2D eigenvalue weighted by atomic mass is 9.69. The van der Waals surface area contributed by atoms with Gasteiger partial charge in [-0.25, -0.2) is 0 Å². The minimum absolute atomic E-state index is 0.0194. The minimum Gasteiger partial charge on any atom is -0.503 e. The van der Waals surface area contributed by atoms with Gasteiger partial charge in [-0.05, 0) is 82.5 Å². The van der Waals surface area contributed by atoms with Crippen LogP contribution in [0.2, 0.25) is 0 Å². The van der Waals surface area contributed by atoms with Gasteiger partial charge in [-0.2, -0.15) is 0 Å².